The molecule has 1 amide bonds. The zero-order valence-electron chi connectivity index (χ0n) is 12.3. The summed E-state index contributed by atoms with van der Waals surface area (Å²) in [6.45, 7) is 2.08. The number of amides is 1. The molecule has 1 aromatic rings. The molecule has 5 heteroatoms. The summed E-state index contributed by atoms with van der Waals surface area (Å²) in [5.41, 5.74) is 2.14. The van der Waals surface area contributed by atoms with Crippen molar-refractivity contribution in [2.45, 2.75) is 31.8 Å². The van der Waals surface area contributed by atoms with Gasteiger partial charge in [0, 0.05) is 54.0 Å². The highest BCUT2D eigenvalue weighted by molar-refractivity contribution is 7.84. The molecule has 4 nitrogen and oxygen atoms in total. The lowest BCUT2D eigenvalue weighted by molar-refractivity contribution is -0.119. The van der Waals surface area contributed by atoms with Crippen molar-refractivity contribution in [1.29, 1.82) is 0 Å². The van der Waals surface area contributed by atoms with Gasteiger partial charge in [-0.25, -0.2) is 0 Å². The number of carbonyl (C=O) groups is 1. The van der Waals surface area contributed by atoms with Crippen LogP contribution in [-0.2, 0) is 15.6 Å². The molecular weight excluding hydrogens is 272 g/mol. The van der Waals surface area contributed by atoms with Gasteiger partial charge in [-0.2, -0.15) is 0 Å². The lowest BCUT2D eigenvalue weighted by atomic mass is 9.95. The van der Waals surface area contributed by atoms with Crippen molar-refractivity contribution in [3.63, 3.8) is 0 Å². The Balaban J connectivity index is 2.10. The van der Waals surface area contributed by atoms with Crippen molar-refractivity contribution in [1.82, 2.24) is 5.32 Å². The number of benzene rings is 1. The van der Waals surface area contributed by atoms with E-state index in [2.05, 4.69) is 18.3 Å². The van der Waals surface area contributed by atoms with Crippen LogP contribution >= 0.6 is 0 Å². The molecule has 1 aliphatic heterocycles. The molecule has 1 aliphatic rings. The van der Waals surface area contributed by atoms with E-state index in [0.29, 0.717) is 12.2 Å². The van der Waals surface area contributed by atoms with Gasteiger partial charge in [-0.15, -0.1) is 0 Å². The summed E-state index contributed by atoms with van der Waals surface area (Å²) in [6, 6.07) is 8.30. The van der Waals surface area contributed by atoms with Crippen molar-refractivity contribution >= 4 is 22.4 Å². The number of carbonyl (C=O) groups excluding carboxylic acids is 1. The zero-order chi connectivity index (χ0) is 14.7. The number of fused-ring (bicyclic) bond motifs is 1. The Morgan fingerprint density at radius 2 is 2.15 bits per heavy atom. The standard InChI is InChI=1S/C15H22N2O2S/c1-11(8-9-20(3)19)16-13-10-15(18)17(2)14-7-5-4-6-12(13)14/h4-7,11,13,16H,8-10H2,1-3H3. The average Bonchev–Trinajstić information content (AvgIpc) is 2.42. The fraction of sp³-hybridized carbons (Fsp3) is 0.533. The van der Waals surface area contributed by atoms with Gasteiger partial charge < -0.3 is 10.2 Å². The van der Waals surface area contributed by atoms with Crippen LogP contribution in [0, 0.1) is 0 Å². The third-order valence-electron chi connectivity index (χ3n) is 3.75. The van der Waals surface area contributed by atoms with Crippen molar-refractivity contribution in [3.05, 3.63) is 29.8 Å². The first-order valence-corrected chi connectivity index (χ1v) is 8.63. The van der Waals surface area contributed by atoms with Gasteiger partial charge in [-0.05, 0) is 25.0 Å². The first-order chi connectivity index (χ1) is 9.49. The smallest absolute Gasteiger partial charge is 0.228 e. The number of rotatable bonds is 5. The number of anilines is 1. The summed E-state index contributed by atoms with van der Waals surface area (Å²) in [6.07, 6.45) is 3.06. The van der Waals surface area contributed by atoms with E-state index >= 15 is 0 Å². The quantitative estimate of drug-likeness (QED) is 0.901. The van der Waals surface area contributed by atoms with Gasteiger partial charge in [0.15, 0.2) is 0 Å². The molecule has 0 saturated heterocycles. The van der Waals surface area contributed by atoms with Gasteiger partial charge in [-0.1, -0.05) is 18.2 Å². The molecule has 0 aliphatic carbocycles. The average molecular weight is 294 g/mol. The lowest BCUT2D eigenvalue weighted by Crippen LogP contribution is -2.40. The third kappa shape index (κ3) is 3.46. The lowest BCUT2D eigenvalue weighted by Gasteiger charge is -2.33. The van der Waals surface area contributed by atoms with Crippen LogP contribution in [0.1, 0.15) is 31.4 Å². The minimum atomic E-state index is -0.766. The number of para-hydroxylation sites is 1. The molecule has 1 N–H and O–H groups in total. The highest BCUT2D eigenvalue weighted by atomic mass is 32.2. The van der Waals surface area contributed by atoms with Crippen LogP contribution in [0.25, 0.3) is 0 Å². The summed E-state index contributed by atoms with van der Waals surface area (Å²) in [4.78, 5) is 13.8. The second-order valence-corrected chi connectivity index (χ2v) is 6.96. The number of nitrogens with one attached hydrogen (secondary N) is 1. The fourth-order valence-electron chi connectivity index (χ4n) is 2.56. The molecule has 2 rings (SSSR count). The van der Waals surface area contributed by atoms with E-state index in [1.54, 1.807) is 11.2 Å². The molecule has 3 atom stereocenters. The van der Waals surface area contributed by atoms with E-state index in [-0.39, 0.29) is 18.0 Å². The molecule has 0 saturated carbocycles. The topological polar surface area (TPSA) is 49.4 Å². The minimum absolute atomic E-state index is 0.0511. The Hall–Kier alpha value is -1.20. The Morgan fingerprint density at radius 1 is 1.45 bits per heavy atom. The molecule has 0 spiro atoms. The van der Waals surface area contributed by atoms with Crippen LogP contribution in [0.5, 0.6) is 0 Å². The van der Waals surface area contributed by atoms with E-state index in [4.69, 9.17) is 0 Å². The van der Waals surface area contributed by atoms with Crippen LogP contribution in [0.3, 0.4) is 0 Å². The molecular formula is C15H22N2O2S. The maximum Gasteiger partial charge on any atom is 0.228 e. The normalized spacial score (nSPS) is 21.4. The summed E-state index contributed by atoms with van der Waals surface area (Å²) < 4.78 is 11.2. The molecule has 0 fully saturated rings. The van der Waals surface area contributed by atoms with Crippen LogP contribution in [0.2, 0.25) is 0 Å². The Bertz CT molecular complexity index is 518. The van der Waals surface area contributed by atoms with Crippen LogP contribution in [-0.4, -0.2) is 35.2 Å². The van der Waals surface area contributed by atoms with E-state index in [1.165, 1.54) is 5.56 Å². The monoisotopic (exact) mass is 294 g/mol. The van der Waals surface area contributed by atoms with E-state index < -0.39 is 10.8 Å². The Kier molecular flexibility index (Phi) is 4.94. The highest BCUT2D eigenvalue weighted by Crippen LogP contribution is 2.33. The second kappa shape index (κ2) is 6.50. The molecule has 0 aromatic heterocycles. The summed E-state index contributed by atoms with van der Waals surface area (Å²) in [5, 5.41) is 3.50. The molecule has 110 valence electrons. The number of hydrogen-bond acceptors (Lipinski definition) is 3. The zero-order valence-corrected chi connectivity index (χ0v) is 13.1. The predicted molar refractivity (Wildman–Crippen MR) is 83.4 cm³/mol. The Morgan fingerprint density at radius 3 is 2.85 bits per heavy atom. The van der Waals surface area contributed by atoms with Gasteiger partial charge >= 0.3 is 0 Å². The van der Waals surface area contributed by atoms with Gasteiger partial charge in [0.2, 0.25) is 5.91 Å². The van der Waals surface area contributed by atoms with Crippen LogP contribution in [0.4, 0.5) is 5.69 Å². The van der Waals surface area contributed by atoms with Crippen molar-refractivity contribution in [2.75, 3.05) is 24.0 Å². The minimum Gasteiger partial charge on any atom is -0.315 e. The van der Waals surface area contributed by atoms with Gasteiger partial charge in [-0.3, -0.25) is 9.00 Å². The van der Waals surface area contributed by atoms with Crippen LogP contribution < -0.4 is 10.2 Å². The summed E-state index contributed by atoms with van der Waals surface area (Å²) in [7, 11) is 1.05. The maximum absolute atomic E-state index is 12.1. The largest absolute Gasteiger partial charge is 0.315 e. The third-order valence-corrected chi connectivity index (χ3v) is 4.56. The second-order valence-electron chi connectivity index (χ2n) is 5.40. The molecule has 20 heavy (non-hydrogen) atoms. The van der Waals surface area contributed by atoms with Gasteiger partial charge in [0.1, 0.15) is 0 Å². The van der Waals surface area contributed by atoms with E-state index in [9.17, 15) is 9.00 Å². The van der Waals surface area contributed by atoms with Crippen molar-refractivity contribution in [3.8, 4) is 0 Å². The summed E-state index contributed by atoms with van der Waals surface area (Å²) in [5.74, 6) is 0.823. The molecule has 0 radical (unpaired) electrons. The fourth-order valence-corrected chi connectivity index (χ4v) is 3.25. The highest BCUT2D eigenvalue weighted by Gasteiger charge is 2.29. The predicted octanol–water partition coefficient (Wildman–Crippen LogP) is 1.84. The first-order valence-electron chi connectivity index (χ1n) is 6.90. The summed E-state index contributed by atoms with van der Waals surface area (Å²) >= 11 is 0. The molecule has 3 unspecified atom stereocenters. The number of nitrogens with zero attached hydrogens (tertiary/aromatic N) is 1. The maximum atomic E-state index is 12.1. The molecule has 1 heterocycles. The molecule has 0 bridgehead atoms. The van der Waals surface area contributed by atoms with Crippen molar-refractivity contribution < 1.29 is 9.00 Å². The Labute approximate surface area is 123 Å². The van der Waals surface area contributed by atoms with Gasteiger partial charge in [0.25, 0.3) is 0 Å². The van der Waals surface area contributed by atoms with Crippen LogP contribution in [0.15, 0.2) is 24.3 Å². The van der Waals surface area contributed by atoms with E-state index in [1.807, 2.05) is 25.2 Å². The number of hydrogen-bond donors (Lipinski definition) is 1. The molecule has 1 aromatic carbocycles. The van der Waals surface area contributed by atoms with Crippen molar-refractivity contribution in [2.24, 2.45) is 0 Å². The van der Waals surface area contributed by atoms with E-state index in [0.717, 1.165) is 12.1 Å². The SMILES string of the molecule is CC(CCS(C)=O)NC1CC(=O)N(C)c2ccccc21. The first kappa shape index (κ1) is 15.2. The van der Waals surface area contributed by atoms with Gasteiger partial charge in [0.05, 0.1) is 0 Å².